The number of amidine groups is 1. The van der Waals surface area contributed by atoms with Gasteiger partial charge >= 0.3 is 5.97 Å². The summed E-state index contributed by atoms with van der Waals surface area (Å²) in [6.45, 7) is 2.21. The number of nitrogens with one attached hydrogen (secondary N) is 2. The maximum atomic E-state index is 12.4. The molecule has 0 aliphatic rings. The molecule has 1 aromatic heterocycles. The Kier molecular flexibility index (Phi) is 9.16. The Morgan fingerprint density at radius 1 is 1.16 bits per heavy atom. The molecule has 38 heavy (non-hydrogen) atoms. The average molecular weight is 614 g/mol. The molecule has 3 aromatic carbocycles. The molecule has 0 radical (unpaired) electrons. The Morgan fingerprint density at radius 3 is 2.61 bits per heavy atom. The predicted octanol–water partition coefficient (Wildman–Crippen LogP) is 7.55. The molecule has 3 N–H and O–H groups in total. The SMILES string of the molecule is CCOC(=O)/C(=N/Nc1ccc(Br)cc1)SC(=N)N=Nc1c(O)n(Cc2ccccc2)c2ccc(Cl)cc12. The fourth-order valence-electron chi connectivity index (χ4n) is 3.47. The van der Waals surface area contributed by atoms with Crippen molar-refractivity contribution >= 4 is 77.8 Å². The summed E-state index contributed by atoms with van der Waals surface area (Å²) in [6, 6.07) is 22.0. The smallest absolute Gasteiger partial charge is 0.365 e. The minimum atomic E-state index is -0.712. The first-order chi connectivity index (χ1) is 18.4. The van der Waals surface area contributed by atoms with Crippen LogP contribution < -0.4 is 5.43 Å². The van der Waals surface area contributed by atoms with Crippen molar-refractivity contribution in [2.75, 3.05) is 12.0 Å². The molecule has 0 amide bonds. The van der Waals surface area contributed by atoms with Crippen molar-refractivity contribution in [3.63, 3.8) is 0 Å². The maximum Gasteiger partial charge on any atom is 0.365 e. The first-order valence-corrected chi connectivity index (χ1v) is 13.3. The van der Waals surface area contributed by atoms with Crippen LogP contribution in [-0.4, -0.2) is 32.5 Å². The van der Waals surface area contributed by atoms with Gasteiger partial charge in [0.15, 0.2) is 5.69 Å². The number of hydrogen-bond donors (Lipinski definition) is 3. The zero-order valence-corrected chi connectivity index (χ0v) is 23.2. The molecule has 0 aliphatic heterocycles. The monoisotopic (exact) mass is 612 g/mol. The van der Waals surface area contributed by atoms with Gasteiger partial charge in [-0.3, -0.25) is 10.8 Å². The lowest BCUT2D eigenvalue weighted by Crippen LogP contribution is -2.17. The standard InChI is InChI=1S/C26H22BrClN6O3S/c1-2-37-25(36)23(32-30-19-11-8-17(27)9-12-19)38-26(29)33-31-22-20-14-18(28)10-13-21(20)34(24(22)35)15-16-6-4-3-5-7-16/h3-14,29-30,35H,2,15H2,1H3/b29-26?,32-23-,33-31?. The summed E-state index contributed by atoms with van der Waals surface area (Å²) in [5, 5.41) is 32.0. The molecule has 0 bridgehead atoms. The van der Waals surface area contributed by atoms with Crippen LogP contribution in [0.25, 0.3) is 10.9 Å². The third kappa shape index (κ3) is 6.80. The van der Waals surface area contributed by atoms with Crippen LogP contribution in [0.4, 0.5) is 11.4 Å². The van der Waals surface area contributed by atoms with Gasteiger partial charge in [0.1, 0.15) is 0 Å². The molecule has 9 nitrogen and oxygen atoms in total. The van der Waals surface area contributed by atoms with E-state index in [-0.39, 0.29) is 28.4 Å². The number of aromatic nitrogens is 1. The summed E-state index contributed by atoms with van der Waals surface area (Å²) in [5.74, 6) is -0.833. The Bertz CT molecular complexity index is 1520. The lowest BCUT2D eigenvalue weighted by molar-refractivity contribution is -0.134. The molecule has 194 valence electrons. The lowest BCUT2D eigenvalue weighted by Gasteiger charge is -2.07. The number of hydrogen-bond acceptors (Lipinski definition) is 8. The number of azo groups is 1. The Balaban J connectivity index is 1.59. The fraction of sp³-hybridized carbons (Fsp3) is 0.115. The zero-order chi connectivity index (χ0) is 27.1. The number of esters is 1. The molecule has 12 heteroatoms. The fourth-order valence-corrected chi connectivity index (χ4v) is 4.41. The van der Waals surface area contributed by atoms with Gasteiger partial charge < -0.3 is 14.4 Å². The number of thioether (sulfide) groups is 1. The molecule has 0 aliphatic carbocycles. The lowest BCUT2D eigenvalue weighted by atomic mass is 10.2. The number of carbonyl (C=O) groups excluding carboxylic acids is 1. The van der Waals surface area contributed by atoms with E-state index in [0.717, 1.165) is 10.0 Å². The molecular weight excluding hydrogens is 592 g/mol. The van der Waals surface area contributed by atoms with E-state index in [1.54, 1.807) is 41.8 Å². The maximum absolute atomic E-state index is 12.4. The normalized spacial score (nSPS) is 11.7. The van der Waals surface area contributed by atoms with Crippen molar-refractivity contribution in [2.24, 2.45) is 15.3 Å². The van der Waals surface area contributed by atoms with Gasteiger partial charge in [-0.15, -0.1) is 10.2 Å². The number of anilines is 1. The van der Waals surface area contributed by atoms with Crippen LogP contribution >= 0.6 is 39.3 Å². The molecular formula is C26H22BrClN6O3S. The van der Waals surface area contributed by atoms with Crippen molar-refractivity contribution in [2.45, 2.75) is 13.5 Å². The van der Waals surface area contributed by atoms with Gasteiger partial charge in [0.2, 0.25) is 16.1 Å². The van der Waals surface area contributed by atoms with Crippen molar-refractivity contribution in [1.82, 2.24) is 4.57 Å². The van der Waals surface area contributed by atoms with E-state index in [1.165, 1.54) is 0 Å². The summed E-state index contributed by atoms with van der Waals surface area (Å²) in [5.41, 5.74) is 5.26. The van der Waals surface area contributed by atoms with E-state index in [9.17, 15) is 9.90 Å². The molecule has 4 rings (SSSR count). The third-order valence-corrected chi connectivity index (χ3v) is 6.66. The van der Waals surface area contributed by atoms with Crippen LogP contribution in [-0.2, 0) is 16.1 Å². The number of rotatable bonds is 6. The number of aromatic hydroxyl groups is 1. The Labute approximate surface area is 236 Å². The third-order valence-electron chi connectivity index (χ3n) is 5.17. The predicted molar refractivity (Wildman–Crippen MR) is 156 cm³/mol. The van der Waals surface area contributed by atoms with E-state index in [0.29, 0.717) is 39.9 Å². The summed E-state index contributed by atoms with van der Waals surface area (Å²) in [6.07, 6.45) is 0. The van der Waals surface area contributed by atoms with Crippen LogP contribution in [0.1, 0.15) is 12.5 Å². The first-order valence-electron chi connectivity index (χ1n) is 11.3. The Hall–Kier alpha value is -3.67. The zero-order valence-electron chi connectivity index (χ0n) is 20.1. The van der Waals surface area contributed by atoms with Crippen molar-refractivity contribution in [3.8, 4) is 5.88 Å². The summed E-state index contributed by atoms with van der Waals surface area (Å²) in [7, 11) is 0. The minimum absolute atomic E-state index is 0.121. The van der Waals surface area contributed by atoms with Crippen LogP contribution in [0.2, 0.25) is 5.02 Å². The molecule has 0 fully saturated rings. The van der Waals surface area contributed by atoms with E-state index in [4.69, 9.17) is 21.7 Å². The molecule has 0 spiro atoms. The highest BCUT2D eigenvalue weighted by molar-refractivity contribution is 9.10. The number of fused-ring (bicyclic) bond motifs is 1. The summed E-state index contributed by atoms with van der Waals surface area (Å²) in [4.78, 5) is 12.4. The van der Waals surface area contributed by atoms with Gasteiger partial charge in [0.05, 0.1) is 24.4 Å². The van der Waals surface area contributed by atoms with Gasteiger partial charge in [0.25, 0.3) is 0 Å². The van der Waals surface area contributed by atoms with Crippen LogP contribution in [0.15, 0.2) is 92.6 Å². The highest BCUT2D eigenvalue weighted by Gasteiger charge is 2.20. The van der Waals surface area contributed by atoms with Gasteiger partial charge in [-0.25, -0.2) is 4.79 Å². The topological polar surface area (TPSA) is 124 Å². The van der Waals surface area contributed by atoms with Crippen LogP contribution in [0.5, 0.6) is 5.88 Å². The second-order valence-corrected chi connectivity index (χ2v) is 10.1. The van der Waals surface area contributed by atoms with E-state index in [2.05, 4.69) is 36.7 Å². The molecule has 0 saturated heterocycles. The number of nitrogens with zero attached hydrogens (tertiary/aromatic N) is 4. The summed E-state index contributed by atoms with van der Waals surface area (Å²) < 4.78 is 7.65. The van der Waals surface area contributed by atoms with Gasteiger partial charge in [-0.1, -0.05) is 57.9 Å². The number of benzene rings is 3. The van der Waals surface area contributed by atoms with Gasteiger partial charge in [-0.2, -0.15) is 5.10 Å². The number of ether oxygens (including phenoxy) is 1. The van der Waals surface area contributed by atoms with Crippen molar-refractivity contribution in [3.05, 3.63) is 87.9 Å². The van der Waals surface area contributed by atoms with Crippen LogP contribution in [0.3, 0.4) is 0 Å². The quantitative estimate of drug-likeness (QED) is 0.0681. The number of carbonyl (C=O) groups is 1. The molecule has 0 atom stereocenters. The molecule has 0 saturated carbocycles. The highest BCUT2D eigenvalue weighted by Crippen LogP contribution is 2.40. The van der Waals surface area contributed by atoms with E-state index >= 15 is 0 Å². The average Bonchev–Trinajstić information content (AvgIpc) is 3.16. The largest absolute Gasteiger partial charge is 0.493 e. The molecule has 4 aromatic rings. The Morgan fingerprint density at radius 2 is 1.89 bits per heavy atom. The first kappa shape index (κ1) is 27.4. The van der Waals surface area contributed by atoms with Gasteiger partial charge in [0, 0.05) is 14.9 Å². The number of hydrazone groups is 1. The highest BCUT2D eigenvalue weighted by atomic mass is 79.9. The minimum Gasteiger partial charge on any atom is -0.493 e. The van der Waals surface area contributed by atoms with E-state index in [1.807, 2.05) is 42.5 Å². The molecule has 0 unspecified atom stereocenters. The van der Waals surface area contributed by atoms with Crippen molar-refractivity contribution < 1.29 is 14.6 Å². The summed E-state index contributed by atoms with van der Waals surface area (Å²) >= 11 is 10.2. The molecule has 1 heterocycles. The second-order valence-electron chi connectivity index (χ2n) is 7.77. The van der Waals surface area contributed by atoms with Gasteiger partial charge in [-0.05, 0) is 66.7 Å². The number of halogens is 2. The second kappa shape index (κ2) is 12.7. The van der Waals surface area contributed by atoms with Crippen LogP contribution in [0, 0.1) is 5.41 Å². The van der Waals surface area contributed by atoms with Crippen molar-refractivity contribution in [1.29, 1.82) is 5.41 Å². The van der Waals surface area contributed by atoms with E-state index < -0.39 is 5.97 Å².